The molecule has 9 heteroatoms. The summed E-state index contributed by atoms with van der Waals surface area (Å²) >= 11 is 2.19. The van der Waals surface area contributed by atoms with E-state index in [9.17, 15) is 24.9 Å². The number of aliphatic carboxylic acids is 2. The first-order chi connectivity index (χ1) is 13.7. The minimum atomic E-state index is -2.76. The average molecular weight is 513 g/mol. The molecule has 2 aromatic rings. The molecule has 29 heavy (non-hydrogen) atoms. The van der Waals surface area contributed by atoms with Crippen molar-refractivity contribution >= 4 is 34.5 Å². The standard InChI is InChI=1S/C20H20INO7/c1-11(22-10-15(23)13-3-2-4-14(21)9-13)7-12-5-6-16-17(8-12)29-20(28-16,18(24)25)19(26)27/h2-6,8-9,11,15,22-23H,7,10H2,1H3,(H,24,25)(H,26,27). The number of fused-ring (bicyclic) bond motifs is 1. The zero-order valence-electron chi connectivity index (χ0n) is 15.5. The summed E-state index contributed by atoms with van der Waals surface area (Å²) in [5.41, 5.74) is 1.64. The number of halogens is 1. The van der Waals surface area contributed by atoms with Crippen molar-refractivity contribution in [2.45, 2.75) is 31.3 Å². The Kier molecular flexibility index (Phi) is 6.30. The number of ether oxygens (including phenoxy) is 2. The zero-order chi connectivity index (χ0) is 21.2. The van der Waals surface area contributed by atoms with Crippen molar-refractivity contribution in [3.05, 3.63) is 57.2 Å². The highest BCUT2D eigenvalue weighted by molar-refractivity contribution is 14.1. The van der Waals surface area contributed by atoms with Crippen LogP contribution in [-0.4, -0.2) is 45.6 Å². The van der Waals surface area contributed by atoms with Crippen molar-refractivity contribution in [1.82, 2.24) is 5.32 Å². The van der Waals surface area contributed by atoms with Gasteiger partial charge in [-0.05, 0) is 71.3 Å². The Hall–Kier alpha value is -2.37. The third kappa shape index (κ3) is 4.62. The molecule has 2 unspecified atom stereocenters. The van der Waals surface area contributed by atoms with Gasteiger partial charge in [0, 0.05) is 16.2 Å². The Balaban J connectivity index is 1.61. The number of hydrogen-bond donors (Lipinski definition) is 4. The molecule has 1 heterocycles. The lowest BCUT2D eigenvalue weighted by Gasteiger charge is -2.18. The Labute approximate surface area is 180 Å². The predicted octanol–water partition coefficient (Wildman–Crippen LogP) is 2.18. The number of carboxylic acids is 2. The van der Waals surface area contributed by atoms with Crippen LogP contribution in [-0.2, 0) is 16.0 Å². The highest BCUT2D eigenvalue weighted by atomic mass is 127. The number of nitrogens with one attached hydrogen (secondary N) is 1. The van der Waals surface area contributed by atoms with E-state index in [1.807, 2.05) is 31.2 Å². The first-order valence-corrected chi connectivity index (χ1v) is 9.94. The summed E-state index contributed by atoms with van der Waals surface area (Å²) in [5.74, 6) is -6.10. The van der Waals surface area contributed by atoms with Crippen LogP contribution in [0.2, 0.25) is 0 Å². The fourth-order valence-corrected chi connectivity index (χ4v) is 3.58. The second-order valence-electron chi connectivity index (χ2n) is 6.80. The molecule has 154 valence electrons. The lowest BCUT2D eigenvalue weighted by molar-refractivity contribution is -0.194. The largest absolute Gasteiger partial charge is 0.475 e. The van der Waals surface area contributed by atoms with E-state index in [-0.39, 0.29) is 17.5 Å². The summed E-state index contributed by atoms with van der Waals surface area (Å²) in [6.45, 7) is 2.32. The normalized spacial score (nSPS) is 16.2. The highest BCUT2D eigenvalue weighted by Crippen LogP contribution is 2.40. The van der Waals surface area contributed by atoms with E-state index in [2.05, 4.69) is 27.9 Å². The quantitative estimate of drug-likeness (QED) is 0.313. The van der Waals surface area contributed by atoms with Crippen LogP contribution >= 0.6 is 22.6 Å². The fraction of sp³-hybridized carbons (Fsp3) is 0.300. The van der Waals surface area contributed by atoms with Crippen molar-refractivity contribution in [3.63, 3.8) is 0 Å². The zero-order valence-corrected chi connectivity index (χ0v) is 17.6. The van der Waals surface area contributed by atoms with Crippen LogP contribution in [0.1, 0.15) is 24.2 Å². The Morgan fingerprint density at radius 2 is 1.79 bits per heavy atom. The minimum absolute atomic E-state index is 0.00323. The summed E-state index contributed by atoms with van der Waals surface area (Å²) in [7, 11) is 0. The van der Waals surface area contributed by atoms with Gasteiger partial charge < -0.3 is 30.1 Å². The van der Waals surface area contributed by atoms with Gasteiger partial charge in [-0.25, -0.2) is 9.59 Å². The van der Waals surface area contributed by atoms with Crippen LogP contribution in [0.5, 0.6) is 11.5 Å². The van der Waals surface area contributed by atoms with Crippen molar-refractivity contribution in [3.8, 4) is 11.5 Å². The molecule has 4 N–H and O–H groups in total. The van der Waals surface area contributed by atoms with E-state index < -0.39 is 23.8 Å². The van der Waals surface area contributed by atoms with Crippen molar-refractivity contribution in [2.75, 3.05) is 6.54 Å². The molecule has 0 radical (unpaired) electrons. The first-order valence-electron chi connectivity index (χ1n) is 8.86. The van der Waals surface area contributed by atoms with Gasteiger partial charge in [-0.2, -0.15) is 0 Å². The molecule has 0 saturated heterocycles. The molecule has 8 nitrogen and oxygen atoms in total. The molecule has 0 spiro atoms. The molecule has 2 aromatic carbocycles. The molecule has 0 fully saturated rings. The average Bonchev–Trinajstić information content (AvgIpc) is 3.06. The SMILES string of the molecule is CC(Cc1ccc2c(c1)OC(C(=O)O)(C(=O)O)O2)NCC(O)c1cccc(I)c1. The van der Waals surface area contributed by atoms with Crippen LogP contribution in [0.25, 0.3) is 0 Å². The number of carboxylic acid groups (broad SMARTS) is 2. The molecule has 0 saturated carbocycles. The molecule has 2 atom stereocenters. The number of hydrogen-bond acceptors (Lipinski definition) is 6. The van der Waals surface area contributed by atoms with Crippen LogP contribution < -0.4 is 14.8 Å². The third-order valence-corrected chi connectivity index (χ3v) is 5.18. The van der Waals surface area contributed by atoms with Crippen molar-refractivity contribution < 1.29 is 34.4 Å². The second-order valence-corrected chi connectivity index (χ2v) is 8.04. The lowest BCUT2D eigenvalue weighted by atomic mass is 10.1. The van der Waals surface area contributed by atoms with Crippen LogP contribution in [0.15, 0.2) is 42.5 Å². The van der Waals surface area contributed by atoms with E-state index >= 15 is 0 Å². The molecule has 1 aliphatic heterocycles. The summed E-state index contributed by atoms with van der Waals surface area (Å²) < 4.78 is 11.2. The summed E-state index contributed by atoms with van der Waals surface area (Å²) in [6.07, 6.45) is -0.0845. The molecule has 0 aliphatic carbocycles. The van der Waals surface area contributed by atoms with Gasteiger partial charge in [0.05, 0.1) is 6.10 Å². The lowest BCUT2D eigenvalue weighted by Crippen LogP contribution is -2.54. The summed E-state index contributed by atoms with van der Waals surface area (Å²) in [5, 5.41) is 32.0. The molecular weight excluding hydrogens is 493 g/mol. The minimum Gasteiger partial charge on any atom is -0.475 e. The first kappa shape index (κ1) is 21.3. The number of benzene rings is 2. The number of aliphatic hydroxyl groups excluding tert-OH is 1. The van der Waals surface area contributed by atoms with E-state index in [1.165, 1.54) is 6.07 Å². The van der Waals surface area contributed by atoms with Gasteiger partial charge in [-0.15, -0.1) is 0 Å². The van der Waals surface area contributed by atoms with Gasteiger partial charge in [0.1, 0.15) is 0 Å². The Morgan fingerprint density at radius 1 is 1.10 bits per heavy atom. The number of rotatable bonds is 8. The Bertz CT molecular complexity index is 919. The third-order valence-electron chi connectivity index (χ3n) is 4.51. The molecule has 0 amide bonds. The van der Waals surface area contributed by atoms with Gasteiger partial charge in [-0.3, -0.25) is 0 Å². The van der Waals surface area contributed by atoms with E-state index in [4.69, 9.17) is 9.47 Å². The highest BCUT2D eigenvalue weighted by Gasteiger charge is 2.57. The predicted molar refractivity (Wildman–Crippen MR) is 111 cm³/mol. The van der Waals surface area contributed by atoms with Crippen LogP contribution in [0.4, 0.5) is 0 Å². The Morgan fingerprint density at radius 3 is 2.45 bits per heavy atom. The van der Waals surface area contributed by atoms with Gasteiger partial charge in [0.2, 0.25) is 0 Å². The molecule has 0 bridgehead atoms. The van der Waals surface area contributed by atoms with Crippen LogP contribution in [0, 0.1) is 3.57 Å². The number of carbonyl (C=O) groups is 2. The maximum absolute atomic E-state index is 11.3. The van der Waals surface area contributed by atoms with E-state index in [0.29, 0.717) is 13.0 Å². The van der Waals surface area contributed by atoms with Crippen molar-refractivity contribution in [2.24, 2.45) is 0 Å². The topological polar surface area (TPSA) is 125 Å². The van der Waals surface area contributed by atoms with E-state index in [1.54, 1.807) is 12.1 Å². The molecular formula is C20H20INO7. The maximum atomic E-state index is 11.3. The van der Waals surface area contributed by atoms with Crippen molar-refractivity contribution in [1.29, 1.82) is 0 Å². The summed E-state index contributed by atoms with van der Waals surface area (Å²) in [4.78, 5) is 22.6. The van der Waals surface area contributed by atoms with E-state index in [0.717, 1.165) is 14.7 Å². The summed E-state index contributed by atoms with van der Waals surface area (Å²) in [6, 6.07) is 12.4. The number of aliphatic hydroxyl groups is 1. The maximum Gasteiger partial charge on any atom is 0.453 e. The van der Waals surface area contributed by atoms with Gasteiger partial charge in [0.25, 0.3) is 0 Å². The fourth-order valence-electron chi connectivity index (χ4n) is 3.01. The van der Waals surface area contributed by atoms with Gasteiger partial charge in [0.15, 0.2) is 11.5 Å². The molecule has 0 aromatic heterocycles. The monoisotopic (exact) mass is 513 g/mol. The van der Waals surface area contributed by atoms with Gasteiger partial charge >= 0.3 is 17.7 Å². The molecule has 3 rings (SSSR count). The molecule has 1 aliphatic rings. The smallest absolute Gasteiger partial charge is 0.453 e. The van der Waals surface area contributed by atoms with Crippen LogP contribution in [0.3, 0.4) is 0 Å². The van der Waals surface area contributed by atoms with Gasteiger partial charge in [-0.1, -0.05) is 18.2 Å². The second kappa shape index (κ2) is 8.56.